The summed E-state index contributed by atoms with van der Waals surface area (Å²) in [6, 6.07) is -0.000972. The fourth-order valence-corrected chi connectivity index (χ4v) is 1.81. The molecule has 17 heavy (non-hydrogen) atoms. The van der Waals surface area contributed by atoms with E-state index in [9.17, 15) is 4.79 Å². The molecule has 3 N–H and O–H groups in total. The molecule has 0 aromatic rings. The van der Waals surface area contributed by atoms with E-state index in [1.54, 1.807) is 0 Å². The quantitative estimate of drug-likeness (QED) is 0.676. The Bertz CT molecular complexity index is 257. The monoisotopic (exact) mass is 244 g/mol. The number of carbonyl (C=O) groups excluding carboxylic acids is 1. The van der Waals surface area contributed by atoms with E-state index in [4.69, 9.17) is 15.6 Å². The molecule has 0 radical (unpaired) electrons. The molecular formula is C12H24N2O3. The van der Waals surface area contributed by atoms with E-state index in [-0.39, 0.29) is 23.8 Å². The second-order valence-electron chi connectivity index (χ2n) is 5.47. The Labute approximate surface area is 103 Å². The molecule has 0 spiro atoms. The molecule has 1 amide bonds. The molecule has 0 aromatic carbocycles. The van der Waals surface area contributed by atoms with E-state index in [1.165, 1.54) is 0 Å². The van der Waals surface area contributed by atoms with Gasteiger partial charge in [-0.2, -0.15) is 0 Å². The maximum absolute atomic E-state index is 12.0. The van der Waals surface area contributed by atoms with Crippen LogP contribution in [0.3, 0.4) is 0 Å². The highest BCUT2D eigenvalue weighted by atomic mass is 16.3. The second-order valence-corrected chi connectivity index (χ2v) is 5.47. The molecule has 5 nitrogen and oxygen atoms in total. The molecule has 1 rings (SSSR count). The maximum atomic E-state index is 12.0. The van der Waals surface area contributed by atoms with Crippen LogP contribution >= 0.6 is 0 Å². The first-order chi connectivity index (χ1) is 7.75. The summed E-state index contributed by atoms with van der Waals surface area (Å²) in [5.41, 5.74) is 5.81. The Hall–Kier alpha value is -1.10. The van der Waals surface area contributed by atoms with Crippen molar-refractivity contribution in [2.75, 3.05) is 6.54 Å². The molecule has 1 aliphatic heterocycles. The van der Waals surface area contributed by atoms with Crippen molar-refractivity contribution in [3.63, 3.8) is 0 Å². The number of rotatable bonds is 1. The largest absolute Gasteiger partial charge is 0.483 e. The Kier molecular flexibility index (Phi) is 6.16. The first kappa shape index (κ1) is 15.9. The molecule has 1 fully saturated rings. The lowest BCUT2D eigenvalue weighted by Crippen LogP contribution is -2.51. The highest BCUT2D eigenvalue weighted by molar-refractivity contribution is 5.83. The number of nitrogens with two attached hydrogens (primary N) is 1. The van der Waals surface area contributed by atoms with Gasteiger partial charge in [0.15, 0.2) is 0 Å². The number of nitrogens with zero attached hydrogens (tertiary/aromatic N) is 1. The van der Waals surface area contributed by atoms with Gasteiger partial charge in [0, 0.05) is 12.6 Å². The van der Waals surface area contributed by atoms with Gasteiger partial charge in [0.05, 0.1) is 6.04 Å². The van der Waals surface area contributed by atoms with E-state index in [2.05, 4.69) is 6.92 Å². The van der Waals surface area contributed by atoms with Crippen molar-refractivity contribution in [3.05, 3.63) is 0 Å². The van der Waals surface area contributed by atoms with Crippen LogP contribution in [0, 0.1) is 5.41 Å². The lowest BCUT2D eigenvalue weighted by atomic mass is 9.86. The highest BCUT2D eigenvalue weighted by Gasteiger charge is 2.34. The van der Waals surface area contributed by atoms with Crippen molar-refractivity contribution in [1.82, 2.24) is 4.90 Å². The molecule has 0 bridgehead atoms. The lowest BCUT2D eigenvalue weighted by molar-refractivity contribution is -0.135. The van der Waals surface area contributed by atoms with E-state index in [0.717, 1.165) is 19.4 Å². The first-order valence-corrected chi connectivity index (χ1v) is 5.89. The lowest BCUT2D eigenvalue weighted by Gasteiger charge is -2.31. The molecule has 100 valence electrons. The molecular weight excluding hydrogens is 220 g/mol. The third kappa shape index (κ3) is 4.73. The summed E-state index contributed by atoms with van der Waals surface area (Å²) in [7, 11) is 0. The number of hydrogen-bond donors (Lipinski definition) is 2. The Morgan fingerprint density at radius 2 is 2.00 bits per heavy atom. The van der Waals surface area contributed by atoms with Gasteiger partial charge in [-0.1, -0.05) is 20.8 Å². The third-order valence-electron chi connectivity index (χ3n) is 3.04. The van der Waals surface area contributed by atoms with Crippen LogP contribution < -0.4 is 5.73 Å². The topological polar surface area (TPSA) is 83.6 Å². The van der Waals surface area contributed by atoms with E-state index in [1.807, 2.05) is 25.7 Å². The normalized spacial score (nSPS) is 21.5. The van der Waals surface area contributed by atoms with Crippen LogP contribution in [0.1, 0.15) is 40.5 Å². The molecule has 2 unspecified atom stereocenters. The van der Waals surface area contributed by atoms with Gasteiger partial charge in [0.1, 0.15) is 0 Å². The van der Waals surface area contributed by atoms with Crippen LogP contribution in [-0.2, 0) is 9.59 Å². The summed E-state index contributed by atoms with van der Waals surface area (Å²) in [4.78, 5) is 22.3. The van der Waals surface area contributed by atoms with Crippen molar-refractivity contribution in [1.29, 1.82) is 0 Å². The Morgan fingerprint density at radius 3 is 2.29 bits per heavy atom. The van der Waals surface area contributed by atoms with E-state index < -0.39 is 0 Å². The van der Waals surface area contributed by atoms with E-state index in [0.29, 0.717) is 6.04 Å². The zero-order valence-electron chi connectivity index (χ0n) is 11.1. The van der Waals surface area contributed by atoms with Gasteiger partial charge >= 0.3 is 0 Å². The first-order valence-electron chi connectivity index (χ1n) is 5.89. The van der Waals surface area contributed by atoms with Crippen molar-refractivity contribution in [2.24, 2.45) is 11.1 Å². The standard InChI is InChI=1S/C11H22N2O.CH2O2/c1-8-6-5-7-13(8)10(14)9(12)11(2,3)4;2-1-3/h8-9H,5-7,12H2,1-4H3;1H,(H,2,3). The van der Waals surface area contributed by atoms with Gasteiger partial charge in [0.25, 0.3) is 6.47 Å². The maximum Gasteiger partial charge on any atom is 0.290 e. The van der Waals surface area contributed by atoms with Crippen molar-refractivity contribution < 1.29 is 14.7 Å². The minimum Gasteiger partial charge on any atom is -0.483 e. The molecule has 2 atom stereocenters. The summed E-state index contributed by atoms with van der Waals surface area (Å²) in [6.45, 7) is 8.76. The summed E-state index contributed by atoms with van der Waals surface area (Å²) < 4.78 is 0. The number of likely N-dealkylation sites (tertiary alicyclic amines) is 1. The smallest absolute Gasteiger partial charge is 0.290 e. The molecule has 0 aromatic heterocycles. The van der Waals surface area contributed by atoms with Gasteiger partial charge in [-0.15, -0.1) is 0 Å². The SMILES string of the molecule is CC1CCCN1C(=O)C(N)C(C)(C)C.O=CO. The van der Waals surface area contributed by atoms with Crippen molar-refractivity contribution >= 4 is 12.4 Å². The average Bonchev–Trinajstić information content (AvgIpc) is 2.62. The molecule has 0 aliphatic carbocycles. The predicted molar refractivity (Wildman–Crippen MR) is 66.5 cm³/mol. The fourth-order valence-electron chi connectivity index (χ4n) is 1.81. The zero-order valence-corrected chi connectivity index (χ0v) is 11.1. The van der Waals surface area contributed by atoms with Gasteiger partial charge in [0.2, 0.25) is 5.91 Å². The molecule has 1 saturated heterocycles. The van der Waals surface area contributed by atoms with Crippen molar-refractivity contribution in [3.8, 4) is 0 Å². The molecule has 5 heteroatoms. The molecule has 1 heterocycles. The number of carbonyl (C=O) groups is 2. The van der Waals surface area contributed by atoms with Crippen LogP contribution in [-0.4, -0.2) is 41.0 Å². The summed E-state index contributed by atoms with van der Waals surface area (Å²) in [6.07, 6.45) is 2.23. The second kappa shape index (κ2) is 6.59. The number of amides is 1. The zero-order chi connectivity index (χ0) is 13.6. The number of carboxylic acid groups (broad SMARTS) is 1. The highest BCUT2D eigenvalue weighted by Crippen LogP contribution is 2.23. The Balaban J connectivity index is 0.000000770. The summed E-state index contributed by atoms with van der Waals surface area (Å²) >= 11 is 0. The van der Waals surface area contributed by atoms with Gasteiger partial charge in [-0.05, 0) is 25.2 Å². The van der Waals surface area contributed by atoms with Crippen LogP contribution in [0.4, 0.5) is 0 Å². The average molecular weight is 244 g/mol. The van der Waals surface area contributed by atoms with Gasteiger partial charge in [-0.3, -0.25) is 9.59 Å². The van der Waals surface area contributed by atoms with Gasteiger partial charge < -0.3 is 15.7 Å². The van der Waals surface area contributed by atoms with Crippen LogP contribution in [0.5, 0.6) is 0 Å². The van der Waals surface area contributed by atoms with Gasteiger partial charge in [-0.25, -0.2) is 0 Å². The third-order valence-corrected chi connectivity index (χ3v) is 3.04. The fraction of sp³-hybridized carbons (Fsp3) is 0.833. The molecule has 0 saturated carbocycles. The Morgan fingerprint density at radius 1 is 1.53 bits per heavy atom. The summed E-state index contributed by atoms with van der Waals surface area (Å²) in [5, 5.41) is 6.89. The van der Waals surface area contributed by atoms with Crippen LogP contribution in [0.15, 0.2) is 0 Å². The van der Waals surface area contributed by atoms with E-state index >= 15 is 0 Å². The minimum atomic E-state index is -0.372. The predicted octanol–water partition coefficient (Wildman–Crippen LogP) is 1.07. The summed E-state index contributed by atoms with van der Waals surface area (Å²) in [5.74, 6) is 0.113. The minimum absolute atomic E-state index is 0.113. The van der Waals surface area contributed by atoms with Crippen LogP contribution in [0.2, 0.25) is 0 Å². The number of hydrogen-bond acceptors (Lipinski definition) is 3. The van der Waals surface area contributed by atoms with Crippen molar-refractivity contribution in [2.45, 2.75) is 52.6 Å². The van der Waals surface area contributed by atoms with Crippen LogP contribution in [0.25, 0.3) is 0 Å². The molecule has 1 aliphatic rings.